The van der Waals surface area contributed by atoms with Crippen LogP contribution in [0.4, 0.5) is 0 Å². The lowest BCUT2D eigenvalue weighted by atomic mass is 10.1. The van der Waals surface area contributed by atoms with Gasteiger partial charge >= 0.3 is 0 Å². The molecule has 1 N–H and O–H groups in total. The molecule has 0 aromatic rings. The summed E-state index contributed by atoms with van der Waals surface area (Å²) in [6.07, 6.45) is -0.570. The highest BCUT2D eigenvalue weighted by atomic mass is 16.7. The van der Waals surface area contributed by atoms with Crippen LogP contribution in [-0.2, 0) is 19.0 Å². The molecule has 0 aliphatic carbocycles. The van der Waals surface area contributed by atoms with Gasteiger partial charge in [0.15, 0.2) is 6.29 Å². The number of nitrogens with one attached hydrogen (secondary N) is 1. The van der Waals surface area contributed by atoms with Crippen molar-refractivity contribution in [3.63, 3.8) is 0 Å². The summed E-state index contributed by atoms with van der Waals surface area (Å²) in [5.41, 5.74) is 0. The van der Waals surface area contributed by atoms with Gasteiger partial charge in [0.25, 0.3) is 0 Å². The lowest BCUT2D eigenvalue weighted by Crippen LogP contribution is -2.40. The van der Waals surface area contributed by atoms with Gasteiger partial charge in [0.2, 0.25) is 5.91 Å². The normalized spacial score (nSPS) is 13.0. The summed E-state index contributed by atoms with van der Waals surface area (Å²) in [6, 6.07) is 0. The third kappa shape index (κ3) is 3.71. The lowest BCUT2D eigenvalue weighted by molar-refractivity contribution is -0.164. The van der Waals surface area contributed by atoms with E-state index in [4.69, 9.17) is 14.2 Å². The van der Waals surface area contributed by atoms with Crippen molar-refractivity contribution in [3.8, 4) is 0 Å². The smallest absolute Gasteiger partial charge is 0.230 e. The maximum Gasteiger partial charge on any atom is 0.230 e. The molecule has 0 aliphatic rings. The Morgan fingerprint density at radius 3 is 2.15 bits per heavy atom. The molecule has 0 saturated heterocycles. The van der Waals surface area contributed by atoms with Gasteiger partial charge in [0.05, 0.1) is 6.61 Å². The fourth-order valence-electron chi connectivity index (χ4n) is 1.07. The molecule has 5 nitrogen and oxygen atoms in total. The van der Waals surface area contributed by atoms with Gasteiger partial charge in [0, 0.05) is 28.4 Å². The largest absolute Gasteiger partial charge is 0.384 e. The Kier molecular flexibility index (Phi) is 6.48. The topological polar surface area (TPSA) is 56.8 Å². The second-order valence-electron chi connectivity index (χ2n) is 2.52. The van der Waals surface area contributed by atoms with Crippen LogP contribution in [0.2, 0.25) is 0 Å². The Labute approximate surface area is 78.3 Å². The highest BCUT2D eigenvalue weighted by Gasteiger charge is 2.27. The first-order chi connectivity index (χ1) is 6.21. The first kappa shape index (κ1) is 12.3. The molecule has 0 radical (unpaired) electrons. The van der Waals surface area contributed by atoms with Crippen LogP contribution in [0, 0.1) is 5.92 Å². The molecule has 78 valence electrons. The fourth-order valence-corrected chi connectivity index (χ4v) is 1.07. The Bertz CT molecular complexity index is 147. The minimum absolute atomic E-state index is 0.157. The van der Waals surface area contributed by atoms with Crippen molar-refractivity contribution in [1.29, 1.82) is 0 Å². The van der Waals surface area contributed by atoms with Crippen molar-refractivity contribution in [1.82, 2.24) is 5.32 Å². The van der Waals surface area contributed by atoms with Crippen molar-refractivity contribution in [2.24, 2.45) is 5.92 Å². The molecule has 1 atom stereocenters. The summed E-state index contributed by atoms with van der Waals surface area (Å²) >= 11 is 0. The van der Waals surface area contributed by atoms with Gasteiger partial charge in [-0.25, -0.2) is 0 Å². The van der Waals surface area contributed by atoms with Crippen LogP contribution >= 0.6 is 0 Å². The number of amides is 1. The second kappa shape index (κ2) is 6.82. The third-order valence-electron chi connectivity index (χ3n) is 1.72. The van der Waals surface area contributed by atoms with Gasteiger partial charge in [-0.1, -0.05) is 0 Å². The number of carbonyl (C=O) groups excluding carboxylic acids is 1. The first-order valence-corrected chi connectivity index (χ1v) is 3.97. The number of carbonyl (C=O) groups is 1. The average Bonchev–Trinajstić information content (AvgIpc) is 2.17. The number of hydrogen-bond acceptors (Lipinski definition) is 4. The molecule has 5 heteroatoms. The monoisotopic (exact) mass is 191 g/mol. The van der Waals surface area contributed by atoms with Crippen molar-refractivity contribution in [2.45, 2.75) is 6.29 Å². The minimum atomic E-state index is -0.570. The molecule has 0 aromatic heterocycles. The van der Waals surface area contributed by atoms with Crippen LogP contribution in [-0.4, -0.2) is 47.2 Å². The van der Waals surface area contributed by atoms with E-state index in [0.29, 0.717) is 0 Å². The van der Waals surface area contributed by atoms with Crippen LogP contribution in [0.15, 0.2) is 0 Å². The van der Waals surface area contributed by atoms with E-state index in [2.05, 4.69) is 5.32 Å². The quantitative estimate of drug-likeness (QED) is 0.581. The van der Waals surface area contributed by atoms with E-state index >= 15 is 0 Å². The first-order valence-electron chi connectivity index (χ1n) is 3.97. The summed E-state index contributed by atoms with van der Waals surface area (Å²) < 4.78 is 14.8. The predicted octanol–water partition coefficient (Wildman–Crippen LogP) is -0.386. The molecule has 0 spiro atoms. The summed E-state index contributed by atoms with van der Waals surface area (Å²) in [5.74, 6) is -0.597. The highest BCUT2D eigenvalue weighted by Crippen LogP contribution is 2.08. The average molecular weight is 191 g/mol. The van der Waals surface area contributed by atoms with Crippen LogP contribution in [0.3, 0.4) is 0 Å². The van der Waals surface area contributed by atoms with Crippen molar-refractivity contribution in [2.75, 3.05) is 35.0 Å². The van der Waals surface area contributed by atoms with Crippen LogP contribution in [0.25, 0.3) is 0 Å². The van der Waals surface area contributed by atoms with E-state index in [-0.39, 0.29) is 12.5 Å². The van der Waals surface area contributed by atoms with Gasteiger partial charge in [-0.3, -0.25) is 4.79 Å². The van der Waals surface area contributed by atoms with E-state index in [9.17, 15) is 4.79 Å². The van der Waals surface area contributed by atoms with Crippen LogP contribution < -0.4 is 5.32 Å². The van der Waals surface area contributed by atoms with Gasteiger partial charge in [0.1, 0.15) is 5.92 Å². The van der Waals surface area contributed by atoms with Gasteiger partial charge < -0.3 is 19.5 Å². The van der Waals surface area contributed by atoms with E-state index in [1.54, 1.807) is 7.05 Å². The Morgan fingerprint density at radius 1 is 1.31 bits per heavy atom. The number of rotatable bonds is 6. The Balaban J connectivity index is 4.28. The molecular formula is C8H17NO4. The molecule has 0 heterocycles. The summed E-state index contributed by atoms with van der Waals surface area (Å²) in [7, 11) is 6.06. The molecule has 1 amide bonds. The Morgan fingerprint density at radius 2 is 1.85 bits per heavy atom. The second-order valence-corrected chi connectivity index (χ2v) is 2.52. The van der Waals surface area contributed by atoms with E-state index in [0.717, 1.165) is 0 Å². The van der Waals surface area contributed by atoms with E-state index in [1.165, 1.54) is 21.3 Å². The van der Waals surface area contributed by atoms with Crippen molar-refractivity contribution >= 4 is 5.91 Å². The van der Waals surface area contributed by atoms with Gasteiger partial charge in [-0.2, -0.15) is 0 Å². The molecular weight excluding hydrogens is 174 g/mol. The number of ether oxygens (including phenoxy) is 3. The minimum Gasteiger partial charge on any atom is -0.384 e. The van der Waals surface area contributed by atoms with Crippen molar-refractivity contribution < 1.29 is 19.0 Å². The van der Waals surface area contributed by atoms with Gasteiger partial charge in [-0.05, 0) is 0 Å². The number of methoxy groups -OCH3 is 3. The molecule has 0 saturated carbocycles. The number of hydrogen-bond donors (Lipinski definition) is 1. The fraction of sp³-hybridized carbons (Fsp3) is 0.875. The van der Waals surface area contributed by atoms with Crippen molar-refractivity contribution in [3.05, 3.63) is 0 Å². The molecule has 1 unspecified atom stereocenters. The zero-order chi connectivity index (χ0) is 10.3. The molecule has 13 heavy (non-hydrogen) atoms. The molecule has 0 aromatic carbocycles. The third-order valence-corrected chi connectivity index (χ3v) is 1.72. The molecule has 0 fully saturated rings. The maximum atomic E-state index is 11.3. The Hall–Kier alpha value is -0.650. The standard InChI is InChI=1S/C8H17NO4/c1-9-7(10)6(5-11-2)8(12-3)13-4/h6,8H,5H2,1-4H3,(H,9,10). The summed E-state index contributed by atoms with van der Waals surface area (Å²) in [6.45, 7) is 0.270. The van der Waals surface area contributed by atoms with E-state index < -0.39 is 12.2 Å². The highest BCUT2D eigenvalue weighted by molar-refractivity contribution is 5.78. The molecule has 0 aliphatic heterocycles. The van der Waals surface area contributed by atoms with Crippen LogP contribution in [0.5, 0.6) is 0 Å². The maximum absolute atomic E-state index is 11.3. The van der Waals surface area contributed by atoms with Crippen LogP contribution in [0.1, 0.15) is 0 Å². The van der Waals surface area contributed by atoms with Gasteiger partial charge in [-0.15, -0.1) is 0 Å². The summed E-state index contributed by atoms with van der Waals surface area (Å²) in [4.78, 5) is 11.3. The molecule has 0 rings (SSSR count). The summed E-state index contributed by atoms with van der Waals surface area (Å²) in [5, 5.41) is 2.52. The van der Waals surface area contributed by atoms with E-state index in [1.807, 2.05) is 0 Å². The lowest BCUT2D eigenvalue weighted by Gasteiger charge is -2.22. The molecule has 0 bridgehead atoms. The predicted molar refractivity (Wildman–Crippen MR) is 47.2 cm³/mol. The SMILES string of the molecule is CNC(=O)C(COC)C(OC)OC. The zero-order valence-electron chi connectivity index (χ0n) is 8.49. The zero-order valence-corrected chi connectivity index (χ0v) is 8.49.